The van der Waals surface area contributed by atoms with Crippen LogP contribution < -0.4 is 15.4 Å². The van der Waals surface area contributed by atoms with E-state index < -0.39 is 0 Å². The molecule has 2 aromatic heterocycles. The third-order valence-electron chi connectivity index (χ3n) is 5.11. The molecule has 0 fully saturated rings. The van der Waals surface area contributed by atoms with E-state index in [0.717, 1.165) is 40.3 Å². The first-order chi connectivity index (χ1) is 14.2. The van der Waals surface area contributed by atoms with E-state index in [4.69, 9.17) is 31.4 Å². The minimum absolute atomic E-state index is 0.0961. The maximum absolute atomic E-state index is 9.02. The van der Waals surface area contributed by atoms with E-state index in [1.165, 1.54) is 23.3 Å². The second-order valence-corrected chi connectivity index (χ2v) is 8.59. The van der Waals surface area contributed by atoms with Gasteiger partial charge in [0.15, 0.2) is 0 Å². The molecule has 4 rings (SSSR count). The van der Waals surface area contributed by atoms with Crippen LogP contribution in [0.1, 0.15) is 34.7 Å². The van der Waals surface area contributed by atoms with Crippen molar-refractivity contribution in [2.24, 2.45) is 0 Å². The molecule has 6 nitrogen and oxygen atoms in total. The van der Waals surface area contributed by atoms with E-state index in [2.05, 4.69) is 10.6 Å². The van der Waals surface area contributed by atoms with Crippen molar-refractivity contribution in [2.45, 2.75) is 38.8 Å². The Hall–Kier alpha value is -1.93. The summed E-state index contributed by atoms with van der Waals surface area (Å²) in [5, 5.41) is 17.5. The molecule has 0 unspecified atom stereocenters. The highest BCUT2D eigenvalue weighted by atomic mass is 35.5. The molecule has 154 valence electrons. The van der Waals surface area contributed by atoms with E-state index in [9.17, 15) is 0 Å². The normalized spacial score (nSPS) is 13.5. The molecule has 0 saturated heterocycles. The van der Waals surface area contributed by atoms with Crippen molar-refractivity contribution in [1.29, 1.82) is 0 Å². The average molecular weight is 433 g/mol. The molecular formula is C21H25ClN4O2S. The Kier molecular flexibility index (Phi) is 6.50. The molecule has 1 aromatic carbocycles. The highest BCUT2D eigenvalue weighted by Crippen LogP contribution is 2.38. The van der Waals surface area contributed by atoms with E-state index in [1.807, 2.05) is 18.2 Å². The smallest absolute Gasteiger partial charge is 0.146 e. The van der Waals surface area contributed by atoms with Gasteiger partial charge in [0.2, 0.25) is 0 Å². The van der Waals surface area contributed by atoms with Gasteiger partial charge >= 0.3 is 0 Å². The minimum atomic E-state index is 0.0961. The van der Waals surface area contributed by atoms with Crippen LogP contribution in [0.3, 0.4) is 0 Å². The van der Waals surface area contributed by atoms with Crippen molar-refractivity contribution < 1.29 is 9.84 Å². The van der Waals surface area contributed by atoms with Gasteiger partial charge < -0.3 is 20.5 Å². The number of aromatic nitrogens is 2. The number of aliphatic hydroxyl groups is 1. The maximum Gasteiger partial charge on any atom is 0.146 e. The van der Waals surface area contributed by atoms with Gasteiger partial charge in [0, 0.05) is 18.0 Å². The molecule has 29 heavy (non-hydrogen) atoms. The van der Waals surface area contributed by atoms with Crippen molar-refractivity contribution in [3.8, 4) is 5.75 Å². The number of ether oxygens (including phenoxy) is 1. The van der Waals surface area contributed by atoms with Crippen LogP contribution in [0, 0.1) is 0 Å². The Labute approximate surface area is 179 Å². The lowest BCUT2D eigenvalue weighted by Crippen LogP contribution is -2.19. The second kappa shape index (κ2) is 9.26. The predicted molar refractivity (Wildman–Crippen MR) is 118 cm³/mol. The number of aryl methyl sites for hydroxylation is 2. The number of benzene rings is 1. The third kappa shape index (κ3) is 4.48. The molecule has 2 heterocycles. The number of rotatable bonds is 8. The van der Waals surface area contributed by atoms with Crippen LogP contribution in [0.2, 0.25) is 5.02 Å². The molecule has 0 radical (unpaired) electrons. The number of hydrogen-bond acceptors (Lipinski definition) is 7. The van der Waals surface area contributed by atoms with Gasteiger partial charge in [-0.15, -0.1) is 11.3 Å². The molecular weight excluding hydrogens is 408 g/mol. The summed E-state index contributed by atoms with van der Waals surface area (Å²) >= 11 is 8.06. The Bertz CT molecular complexity index is 1010. The lowest BCUT2D eigenvalue weighted by atomic mass is 9.97. The minimum Gasteiger partial charge on any atom is -0.495 e. The fourth-order valence-corrected chi connectivity index (χ4v) is 5.25. The number of anilines is 1. The number of hydrogen-bond donors (Lipinski definition) is 3. The van der Waals surface area contributed by atoms with Crippen LogP contribution in [0.4, 0.5) is 5.82 Å². The second-order valence-electron chi connectivity index (χ2n) is 7.10. The van der Waals surface area contributed by atoms with Crippen LogP contribution >= 0.6 is 22.9 Å². The summed E-state index contributed by atoms with van der Waals surface area (Å²) in [6.07, 6.45) is 4.67. The third-order valence-corrected chi connectivity index (χ3v) is 6.59. The van der Waals surface area contributed by atoms with Crippen molar-refractivity contribution in [3.63, 3.8) is 0 Å². The van der Waals surface area contributed by atoms with Crippen molar-refractivity contribution in [3.05, 3.63) is 45.1 Å². The largest absolute Gasteiger partial charge is 0.495 e. The zero-order valence-electron chi connectivity index (χ0n) is 16.4. The summed E-state index contributed by atoms with van der Waals surface area (Å²) in [4.78, 5) is 12.1. The molecule has 0 atom stereocenters. The molecule has 8 heteroatoms. The Balaban J connectivity index is 1.65. The molecule has 0 saturated carbocycles. The highest BCUT2D eigenvalue weighted by molar-refractivity contribution is 7.19. The van der Waals surface area contributed by atoms with Crippen LogP contribution in [0.15, 0.2) is 18.2 Å². The molecule has 0 bridgehead atoms. The van der Waals surface area contributed by atoms with Gasteiger partial charge in [-0.3, -0.25) is 0 Å². The number of nitrogens with zero attached hydrogens (tertiary/aromatic N) is 2. The Morgan fingerprint density at radius 1 is 1.21 bits per heavy atom. The molecule has 3 aromatic rings. The van der Waals surface area contributed by atoms with Gasteiger partial charge in [0.05, 0.1) is 30.7 Å². The van der Waals surface area contributed by atoms with Crippen LogP contribution in [0.5, 0.6) is 5.75 Å². The summed E-state index contributed by atoms with van der Waals surface area (Å²) in [6, 6.07) is 5.80. The van der Waals surface area contributed by atoms with Gasteiger partial charge in [0.25, 0.3) is 0 Å². The van der Waals surface area contributed by atoms with Gasteiger partial charge in [-0.1, -0.05) is 17.7 Å². The van der Waals surface area contributed by atoms with Crippen LogP contribution in [-0.4, -0.2) is 35.3 Å². The molecule has 0 aliphatic heterocycles. The molecule has 1 aliphatic rings. The lowest BCUT2D eigenvalue weighted by molar-refractivity contribution is 0.291. The number of aliphatic hydroxyl groups excluding tert-OH is 1. The lowest BCUT2D eigenvalue weighted by Gasteiger charge is -2.14. The summed E-state index contributed by atoms with van der Waals surface area (Å²) in [7, 11) is 1.61. The summed E-state index contributed by atoms with van der Waals surface area (Å²) in [5.41, 5.74) is 2.47. The first-order valence-electron chi connectivity index (χ1n) is 9.88. The van der Waals surface area contributed by atoms with Crippen molar-refractivity contribution in [1.82, 2.24) is 15.3 Å². The van der Waals surface area contributed by atoms with Gasteiger partial charge in [-0.2, -0.15) is 0 Å². The summed E-state index contributed by atoms with van der Waals surface area (Å²) in [5.74, 6) is 2.28. The first kappa shape index (κ1) is 20.3. The van der Waals surface area contributed by atoms with Crippen LogP contribution in [-0.2, 0) is 25.9 Å². The van der Waals surface area contributed by atoms with E-state index in [-0.39, 0.29) is 6.61 Å². The monoisotopic (exact) mass is 432 g/mol. The van der Waals surface area contributed by atoms with E-state index in [0.29, 0.717) is 30.4 Å². The summed E-state index contributed by atoms with van der Waals surface area (Å²) < 4.78 is 5.24. The summed E-state index contributed by atoms with van der Waals surface area (Å²) in [6.45, 7) is 1.76. The fourth-order valence-electron chi connectivity index (χ4n) is 3.69. The van der Waals surface area contributed by atoms with Gasteiger partial charge in [-0.25, -0.2) is 9.97 Å². The number of methoxy groups -OCH3 is 1. The average Bonchev–Trinajstić information content (AvgIpc) is 3.11. The zero-order valence-corrected chi connectivity index (χ0v) is 18.0. The highest BCUT2D eigenvalue weighted by Gasteiger charge is 2.21. The zero-order chi connectivity index (χ0) is 20.2. The van der Waals surface area contributed by atoms with Gasteiger partial charge in [-0.05, 0) is 48.9 Å². The topological polar surface area (TPSA) is 79.3 Å². The molecule has 0 amide bonds. The molecule has 3 N–H and O–H groups in total. The maximum atomic E-state index is 9.02. The van der Waals surface area contributed by atoms with Gasteiger partial charge in [0.1, 0.15) is 22.2 Å². The van der Waals surface area contributed by atoms with Crippen molar-refractivity contribution in [2.75, 3.05) is 25.6 Å². The fraction of sp³-hybridized carbons (Fsp3) is 0.429. The predicted octanol–water partition coefficient (Wildman–Crippen LogP) is 3.93. The van der Waals surface area contributed by atoms with Crippen molar-refractivity contribution >= 4 is 39.0 Å². The standard InChI is InChI=1S/C21H25ClN4O2S/c1-28-16-7-6-13(10-15(16)22)11-24-20-19-14-4-2-3-5-17(14)29-21(19)26-18(25-20)12-23-8-9-27/h6-7,10,23,27H,2-5,8-9,11-12H2,1H3,(H,24,25,26). The molecule has 0 spiro atoms. The Morgan fingerprint density at radius 2 is 2.07 bits per heavy atom. The number of nitrogens with one attached hydrogen (secondary N) is 2. The Morgan fingerprint density at radius 3 is 2.86 bits per heavy atom. The quantitative estimate of drug-likeness (QED) is 0.468. The number of thiophene rings is 1. The first-order valence-corrected chi connectivity index (χ1v) is 11.1. The van der Waals surface area contributed by atoms with E-state index >= 15 is 0 Å². The number of fused-ring (bicyclic) bond motifs is 3. The van der Waals surface area contributed by atoms with E-state index in [1.54, 1.807) is 18.4 Å². The molecule has 1 aliphatic carbocycles. The van der Waals surface area contributed by atoms with Crippen LogP contribution in [0.25, 0.3) is 10.2 Å². The number of halogens is 1. The SMILES string of the molecule is COc1ccc(CNc2nc(CNCCO)nc3sc4c(c23)CCCC4)cc1Cl.